The number of urea groups is 1. The molecule has 0 aliphatic carbocycles. The molecule has 0 saturated carbocycles. The van der Waals surface area contributed by atoms with Gasteiger partial charge in [0.2, 0.25) is 0 Å². The van der Waals surface area contributed by atoms with Crippen molar-refractivity contribution in [3.05, 3.63) is 69.8 Å². The number of nitro groups is 1. The first kappa shape index (κ1) is 18.8. The van der Waals surface area contributed by atoms with Gasteiger partial charge in [0, 0.05) is 12.1 Å². The van der Waals surface area contributed by atoms with Crippen LogP contribution in [0.2, 0.25) is 0 Å². The zero-order valence-corrected chi connectivity index (χ0v) is 14.7. The number of amides is 4. The van der Waals surface area contributed by atoms with Crippen LogP contribution in [0.5, 0.6) is 5.75 Å². The van der Waals surface area contributed by atoms with Gasteiger partial charge in [-0.15, -0.1) is 0 Å². The van der Waals surface area contributed by atoms with E-state index in [-0.39, 0.29) is 16.9 Å². The minimum atomic E-state index is -0.976. The maximum Gasteiger partial charge on any atom is 0.335 e. The van der Waals surface area contributed by atoms with Gasteiger partial charge in [0.25, 0.3) is 17.5 Å². The molecule has 0 atom stereocenters. The van der Waals surface area contributed by atoms with Crippen molar-refractivity contribution in [1.82, 2.24) is 5.32 Å². The molecule has 0 bridgehead atoms. The second-order valence-corrected chi connectivity index (χ2v) is 5.74. The van der Waals surface area contributed by atoms with Crippen molar-refractivity contribution in [3.63, 3.8) is 0 Å². The SMILES string of the molecule is CCOc1cccc(/C=C2/C(=O)NC(=O)N(c3cccc([N+](=O)[O-])c3)C2=O)c1. The number of barbiturate groups is 1. The number of imide groups is 2. The van der Waals surface area contributed by atoms with Crippen molar-refractivity contribution in [1.29, 1.82) is 0 Å². The summed E-state index contributed by atoms with van der Waals surface area (Å²) < 4.78 is 5.39. The van der Waals surface area contributed by atoms with Gasteiger partial charge in [-0.05, 0) is 36.8 Å². The summed E-state index contributed by atoms with van der Waals surface area (Å²) in [6, 6.07) is 10.8. The Morgan fingerprint density at radius 3 is 2.61 bits per heavy atom. The lowest BCUT2D eigenvalue weighted by Crippen LogP contribution is -2.54. The smallest absolute Gasteiger partial charge is 0.335 e. The molecule has 1 aliphatic rings. The molecule has 2 aromatic rings. The van der Waals surface area contributed by atoms with Crippen molar-refractivity contribution < 1.29 is 24.0 Å². The van der Waals surface area contributed by atoms with Crippen LogP contribution in [-0.4, -0.2) is 29.4 Å². The van der Waals surface area contributed by atoms with Gasteiger partial charge in [0.05, 0.1) is 17.2 Å². The zero-order valence-electron chi connectivity index (χ0n) is 14.7. The monoisotopic (exact) mass is 381 g/mol. The van der Waals surface area contributed by atoms with Crippen LogP contribution in [0, 0.1) is 10.1 Å². The first-order valence-corrected chi connectivity index (χ1v) is 8.29. The third-order valence-corrected chi connectivity index (χ3v) is 3.88. The van der Waals surface area contributed by atoms with Crippen molar-refractivity contribution in [2.24, 2.45) is 0 Å². The number of rotatable bonds is 5. The molecule has 1 N–H and O–H groups in total. The minimum Gasteiger partial charge on any atom is -0.494 e. The molecule has 0 aromatic heterocycles. The Kier molecular flexibility index (Phi) is 5.16. The first-order valence-electron chi connectivity index (χ1n) is 8.29. The highest BCUT2D eigenvalue weighted by Gasteiger charge is 2.37. The van der Waals surface area contributed by atoms with Crippen molar-refractivity contribution in [2.45, 2.75) is 6.92 Å². The van der Waals surface area contributed by atoms with Crippen molar-refractivity contribution >= 4 is 35.3 Å². The highest BCUT2D eigenvalue weighted by Crippen LogP contribution is 2.26. The van der Waals surface area contributed by atoms with E-state index in [0.29, 0.717) is 22.8 Å². The van der Waals surface area contributed by atoms with Gasteiger partial charge in [0.1, 0.15) is 11.3 Å². The van der Waals surface area contributed by atoms with Gasteiger partial charge in [-0.2, -0.15) is 0 Å². The second kappa shape index (κ2) is 7.70. The van der Waals surface area contributed by atoms with Crippen LogP contribution in [0.15, 0.2) is 54.1 Å². The van der Waals surface area contributed by atoms with Gasteiger partial charge in [0.15, 0.2) is 0 Å². The van der Waals surface area contributed by atoms with Crippen LogP contribution < -0.4 is 15.0 Å². The van der Waals surface area contributed by atoms with Crippen molar-refractivity contribution in [2.75, 3.05) is 11.5 Å². The summed E-state index contributed by atoms with van der Waals surface area (Å²) in [4.78, 5) is 48.2. The number of hydrogen-bond acceptors (Lipinski definition) is 6. The Bertz CT molecular complexity index is 1010. The molecule has 1 saturated heterocycles. The fourth-order valence-electron chi connectivity index (χ4n) is 2.67. The van der Waals surface area contributed by atoms with Gasteiger partial charge in [-0.3, -0.25) is 25.0 Å². The van der Waals surface area contributed by atoms with Crippen LogP contribution in [0.3, 0.4) is 0 Å². The van der Waals surface area contributed by atoms with Crippen LogP contribution in [0.25, 0.3) is 6.08 Å². The molecule has 0 unspecified atom stereocenters. The Labute approximate surface area is 159 Å². The van der Waals surface area contributed by atoms with E-state index in [9.17, 15) is 24.5 Å². The number of ether oxygens (including phenoxy) is 1. The quantitative estimate of drug-likeness (QED) is 0.368. The summed E-state index contributed by atoms with van der Waals surface area (Å²) >= 11 is 0. The van der Waals surface area contributed by atoms with E-state index in [2.05, 4.69) is 5.32 Å². The molecule has 1 fully saturated rings. The number of nitrogens with one attached hydrogen (secondary N) is 1. The van der Waals surface area contributed by atoms with Gasteiger partial charge < -0.3 is 4.74 Å². The fraction of sp³-hybridized carbons (Fsp3) is 0.105. The van der Waals surface area contributed by atoms with E-state index in [1.807, 2.05) is 6.92 Å². The summed E-state index contributed by atoms with van der Waals surface area (Å²) in [5.41, 5.74) is -0.0549. The molecule has 4 amide bonds. The van der Waals surface area contributed by atoms with E-state index in [4.69, 9.17) is 4.74 Å². The average molecular weight is 381 g/mol. The van der Waals surface area contributed by atoms with Crippen LogP contribution >= 0.6 is 0 Å². The van der Waals surface area contributed by atoms with Gasteiger partial charge >= 0.3 is 6.03 Å². The maximum absolute atomic E-state index is 12.8. The Morgan fingerprint density at radius 2 is 1.89 bits per heavy atom. The molecule has 2 aromatic carbocycles. The lowest BCUT2D eigenvalue weighted by atomic mass is 10.1. The number of nitrogens with zero attached hydrogens (tertiary/aromatic N) is 2. The molecular formula is C19H15N3O6. The normalized spacial score (nSPS) is 15.5. The highest BCUT2D eigenvalue weighted by atomic mass is 16.6. The molecule has 1 aliphatic heterocycles. The zero-order chi connectivity index (χ0) is 20.3. The predicted molar refractivity (Wildman–Crippen MR) is 99.7 cm³/mol. The second-order valence-electron chi connectivity index (χ2n) is 5.74. The Balaban J connectivity index is 2.00. The summed E-state index contributed by atoms with van der Waals surface area (Å²) in [5.74, 6) is -1.17. The summed E-state index contributed by atoms with van der Waals surface area (Å²) in [6.45, 7) is 2.28. The number of non-ortho nitro benzene ring substituents is 1. The Morgan fingerprint density at radius 1 is 1.14 bits per heavy atom. The first-order chi connectivity index (χ1) is 13.4. The topological polar surface area (TPSA) is 119 Å². The molecule has 0 radical (unpaired) electrons. The van der Waals surface area contributed by atoms with E-state index in [1.54, 1.807) is 24.3 Å². The van der Waals surface area contributed by atoms with E-state index in [0.717, 1.165) is 6.07 Å². The standard InChI is InChI=1S/C19H15N3O6/c1-2-28-15-8-3-5-12(9-15)10-16-17(23)20-19(25)21(18(16)24)13-6-4-7-14(11-13)22(26)27/h3-11H,2H2,1H3,(H,20,23,25)/b16-10-. The van der Waals surface area contributed by atoms with E-state index >= 15 is 0 Å². The lowest BCUT2D eigenvalue weighted by Gasteiger charge is -2.26. The maximum atomic E-state index is 12.8. The Hall–Kier alpha value is -4.01. The van der Waals surface area contributed by atoms with E-state index in [1.165, 1.54) is 24.3 Å². The van der Waals surface area contributed by atoms with Crippen LogP contribution in [-0.2, 0) is 9.59 Å². The van der Waals surface area contributed by atoms with Crippen LogP contribution in [0.1, 0.15) is 12.5 Å². The predicted octanol–water partition coefficient (Wildman–Crippen LogP) is 2.66. The van der Waals surface area contributed by atoms with Crippen molar-refractivity contribution in [3.8, 4) is 5.75 Å². The number of carbonyl (C=O) groups excluding carboxylic acids is 3. The van der Waals surface area contributed by atoms with Crippen LogP contribution in [0.4, 0.5) is 16.2 Å². The molecule has 0 spiro atoms. The number of benzene rings is 2. The molecule has 28 heavy (non-hydrogen) atoms. The molecule has 142 valence electrons. The number of hydrogen-bond donors (Lipinski definition) is 1. The summed E-state index contributed by atoms with van der Waals surface area (Å²) in [5, 5.41) is 13.0. The number of carbonyl (C=O) groups is 3. The summed E-state index contributed by atoms with van der Waals surface area (Å²) in [6.07, 6.45) is 1.33. The lowest BCUT2D eigenvalue weighted by molar-refractivity contribution is -0.384. The number of anilines is 1. The summed E-state index contributed by atoms with van der Waals surface area (Å²) in [7, 11) is 0. The minimum absolute atomic E-state index is 0.0156. The van der Waals surface area contributed by atoms with Gasteiger partial charge in [-0.1, -0.05) is 18.2 Å². The fourth-order valence-corrected chi connectivity index (χ4v) is 2.67. The molecule has 1 heterocycles. The molecule has 3 rings (SSSR count). The highest BCUT2D eigenvalue weighted by molar-refractivity contribution is 6.39. The number of nitro benzene ring substituents is 1. The van der Waals surface area contributed by atoms with E-state index < -0.39 is 22.8 Å². The average Bonchev–Trinajstić information content (AvgIpc) is 2.66. The van der Waals surface area contributed by atoms with Gasteiger partial charge in [-0.25, -0.2) is 9.69 Å². The molecular weight excluding hydrogens is 366 g/mol. The molecule has 9 nitrogen and oxygen atoms in total. The third-order valence-electron chi connectivity index (χ3n) is 3.88. The third kappa shape index (κ3) is 3.73. The molecule has 9 heteroatoms. The largest absolute Gasteiger partial charge is 0.494 e.